The Morgan fingerprint density at radius 1 is 1.50 bits per heavy atom. The summed E-state index contributed by atoms with van der Waals surface area (Å²) in [6, 6.07) is 3.06. The van der Waals surface area contributed by atoms with Crippen LogP contribution in [0, 0.1) is 0 Å². The number of amides is 1. The summed E-state index contributed by atoms with van der Waals surface area (Å²) in [7, 11) is 0. The molecule has 0 atom stereocenters. The van der Waals surface area contributed by atoms with Gasteiger partial charge in [-0.25, -0.2) is 4.98 Å². The summed E-state index contributed by atoms with van der Waals surface area (Å²) in [5, 5.41) is 12.4. The van der Waals surface area contributed by atoms with Gasteiger partial charge >= 0.3 is 0 Å². The van der Waals surface area contributed by atoms with Crippen molar-refractivity contribution in [1.82, 2.24) is 10.3 Å². The Bertz CT molecular complexity index is 397. The zero-order valence-electron chi connectivity index (χ0n) is 11.1. The molecular weight excluding hydrogens is 248 g/mol. The molecule has 5 heteroatoms. The van der Waals surface area contributed by atoms with E-state index in [1.807, 2.05) is 0 Å². The molecule has 0 fully saturated rings. The lowest BCUT2D eigenvalue weighted by Crippen LogP contribution is -2.39. The van der Waals surface area contributed by atoms with Gasteiger partial charge in [0.1, 0.15) is 5.75 Å². The maximum absolute atomic E-state index is 11.9. The van der Waals surface area contributed by atoms with Crippen LogP contribution in [0.2, 0.25) is 0 Å². The molecule has 0 aliphatic heterocycles. The Morgan fingerprint density at radius 3 is 2.67 bits per heavy atom. The van der Waals surface area contributed by atoms with Gasteiger partial charge in [-0.15, -0.1) is 0 Å². The highest BCUT2D eigenvalue weighted by molar-refractivity contribution is 8.00. The molecule has 100 valence electrons. The molecule has 1 heterocycles. The minimum absolute atomic E-state index is 0.0556. The third kappa shape index (κ3) is 3.38. The number of carbonyl (C=O) groups is 1. The van der Waals surface area contributed by atoms with Crippen LogP contribution in [0.25, 0.3) is 0 Å². The van der Waals surface area contributed by atoms with Crippen molar-refractivity contribution in [3.8, 4) is 5.75 Å². The Kier molecular flexibility index (Phi) is 5.47. The van der Waals surface area contributed by atoms with Crippen LogP contribution in [0.3, 0.4) is 0 Å². The van der Waals surface area contributed by atoms with Crippen molar-refractivity contribution in [3.63, 3.8) is 0 Å². The molecule has 0 saturated carbocycles. The molecule has 0 bridgehead atoms. The molecule has 0 aliphatic rings. The van der Waals surface area contributed by atoms with E-state index in [1.165, 1.54) is 12.3 Å². The van der Waals surface area contributed by atoms with Gasteiger partial charge in [-0.1, -0.05) is 13.8 Å². The second kappa shape index (κ2) is 6.64. The number of rotatable bonds is 6. The van der Waals surface area contributed by atoms with Crippen LogP contribution in [0.15, 0.2) is 18.3 Å². The maximum Gasteiger partial charge on any atom is 0.273 e. The molecule has 0 spiro atoms. The van der Waals surface area contributed by atoms with Crippen molar-refractivity contribution >= 4 is 17.7 Å². The first-order valence-electron chi connectivity index (χ1n) is 6.06. The molecule has 1 aromatic heterocycles. The largest absolute Gasteiger partial charge is 0.505 e. The number of hydrogen-bond donors (Lipinski definition) is 2. The molecule has 18 heavy (non-hydrogen) atoms. The normalized spacial score (nSPS) is 11.3. The van der Waals surface area contributed by atoms with Gasteiger partial charge in [0.15, 0.2) is 5.69 Å². The van der Waals surface area contributed by atoms with Crippen molar-refractivity contribution in [1.29, 1.82) is 0 Å². The molecule has 1 amide bonds. The molecule has 0 saturated heterocycles. The van der Waals surface area contributed by atoms with Crippen molar-refractivity contribution in [3.05, 3.63) is 24.0 Å². The molecule has 4 nitrogen and oxygen atoms in total. The van der Waals surface area contributed by atoms with Crippen molar-refractivity contribution < 1.29 is 9.90 Å². The highest BCUT2D eigenvalue weighted by atomic mass is 32.2. The van der Waals surface area contributed by atoms with Gasteiger partial charge in [-0.05, 0) is 31.2 Å². The SMILES string of the molecule is CCC(CC)(CNC(=O)c1ncccc1O)SC. The van der Waals surface area contributed by atoms with Gasteiger partial charge in [0, 0.05) is 17.5 Å². The second-order valence-corrected chi connectivity index (χ2v) is 5.42. The molecule has 1 aromatic rings. The fraction of sp³-hybridized carbons (Fsp3) is 0.538. The van der Waals surface area contributed by atoms with E-state index in [2.05, 4.69) is 30.4 Å². The number of thioether (sulfide) groups is 1. The minimum atomic E-state index is -0.326. The summed E-state index contributed by atoms with van der Waals surface area (Å²) < 4.78 is 0.0556. The van der Waals surface area contributed by atoms with Gasteiger partial charge < -0.3 is 10.4 Å². The highest BCUT2D eigenvalue weighted by Gasteiger charge is 2.26. The third-order valence-corrected chi connectivity index (χ3v) is 4.88. The first-order valence-corrected chi connectivity index (χ1v) is 7.28. The third-order valence-electron chi connectivity index (χ3n) is 3.29. The standard InChI is InChI=1S/C13H20N2O2S/c1-4-13(5-2,18-3)9-15-12(17)11-10(16)7-6-8-14-11/h6-8,16H,4-5,9H2,1-3H3,(H,15,17). The van der Waals surface area contributed by atoms with Gasteiger partial charge in [0.05, 0.1) is 0 Å². The monoisotopic (exact) mass is 268 g/mol. The van der Waals surface area contributed by atoms with Crippen LogP contribution < -0.4 is 5.32 Å². The van der Waals surface area contributed by atoms with Crippen LogP contribution in [-0.2, 0) is 0 Å². The fourth-order valence-corrected chi connectivity index (χ4v) is 2.55. The Balaban J connectivity index is 2.69. The van der Waals surface area contributed by atoms with Gasteiger partial charge in [0.25, 0.3) is 5.91 Å². The molecular formula is C13H20N2O2S. The van der Waals surface area contributed by atoms with Crippen LogP contribution >= 0.6 is 11.8 Å². The van der Waals surface area contributed by atoms with Crippen LogP contribution in [0.1, 0.15) is 37.2 Å². The van der Waals surface area contributed by atoms with Crippen LogP contribution in [-0.4, -0.2) is 33.5 Å². The Labute approximate surface area is 112 Å². The number of aromatic hydroxyl groups is 1. The average Bonchev–Trinajstić information content (AvgIpc) is 2.41. The minimum Gasteiger partial charge on any atom is -0.505 e. The van der Waals surface area contributed by atoms with E-state index in [9.17, 15) is 9.90 Å². The van der Waals surface area contributed by atoms with Crippen LogP contribution in [0.4, 0.5) is 0 Å². The smallest absolute Gasteiger partial charge is 0.273 e. The quantitative estimate of drug-likeness (QED) is 0.832. The van der Waals surface area contributed by atoms with Crippen molar-refractivity contribution in [2.45, 2.75) is 31.4 Å². The summed E-state index contributed by atoms with van der Waals surface area (Å²) in [5.41, 5.74) is 0.0831. The highest BCUT2D eigenvalue weighted by Crippen LogP contribution is 2.29. The van der Waals surface area contributed by atoms with Crippen molar-refractivity contribution in [2.75, 3.05) is 12.8 Å². The van der Waals surface area contributed by atoms with E-state index in [0.717, 1.165) is 12.8 Å². The number of hydrogen-bond acceptors (Lipinski definition) is 4. The van der Waals surface area contributed by atoms with Crippen LogP contribution in [0.5, 0.6) is 5.75 Å². The molecule has 0 radical (unpaired) electrons. The number of pyridine rings is 1. The number of nitrogens with zero attached hydrogens (tertiary/aromatic N) is 1. The van der Waals surface area contributed by atoms with E-state index in [1.54, 1.807) is 17.8 Å². The number of aromatic nitrogens is 1. The summed E-state index contributed by atoms with van der Waals surface area (Å²) in [4.78, 5) is 15.8. The zero-order valence-corrected chi connectivity index (χ0v) is 11.9. The van der Waals surface area contributed by atoms with Gasteiger partial charge in [0.2, 0.25) is 0 Å². The van der Waals surface area contributed by atoms with E-state index in [0.29, 0.717) is 6.54 Å². The van der Waals surface area contributed by atoms with E-state index in [-0.39, 0.29) is 22.1 Å². The summed E-state index contributed by atoms with van der Waals surface area (Å²) >= 11 is 1.76. The fourth-order valence-electron chi connectivity index (χ4n) is 1.76. The van der Waals surface area contributed by atoms with E-state index < -0.39 is 0 Å². The lowest BCUT2D eigenvalue weighted by Gasteiger charge is -2.29. The van der Waals surface area contributed by atoms with Crippen molar-refractivity contribution in [2.24, 2.45) is 0 Å². The topological polar surface area (TPSA) is 62.2 Å². The molecule has 2 N–H and O–H groups in total. The predicted molar refractivity (Wildman–Crippen MR) is 75.1 cm³/mol. The number of nitrogens with one attached hydrogen (secondary N) is 1. The first kappa shape index (κ1) is 14.8. The number of carbonyl (C=O) groups excluding carboxylic acids is 1. The molecule has 1 rings (SSSR count). The van der Waals surface area contributed by atoms with E-state index >= 15 is 0 Å². The Hall–Kier alpha value is -1.23. The summed E-state index contributed by atoms with van der Waals surface area (Å²) in [5.74, 6) is -0.411. The lowest BCUT2D eigenvalue weighted by molar-refractivity contribution is 0.0941. The summed E-state index contributed by atoms with van der Waals surface area (Å²) in [6.07, 6.45) is 5.52. The molecule has 0 aromatic carbocycles. The maximum atomic E-state index is 11.9. The second-order valence-electron chi connectivity index (χ2n) is 4.15. The zero-order chi connectivity index (χ0) is 13.6. The molecule has 0 unspecified atom stereocenters. The van der Waals surface area contributed by atoms with Gasteiger partial charge in [-0.2, -0.15) is 11.8 Å². The molecule has 0 aliphatic carbocycles. The first-order chi connectivity index (χ1) is 8.58. The average molecular weight is 268 g/mol. The van der Waals surface area contributed by atoms with E-state index in [4.69, 9.17) is 0 Å². The predicted octanol–water partition coefficient (Wildman–Crippen LogP) is 2.44. The lowest BCUT2D eigenvalue weighted by atomic mass is 10.0. The summed E-state index contributed by atoms with van der Waals surface area (Å²) in [6.45, 7) is 4.81. The van der Waals surface area contributed by atoms with Gasteiger partial charge in [-0.3, -0.25) is 4.79 Å². The Morgan fingerprint density at radius 2 is 2.17 bits per heavy atom.